The minimum Gasteiger partial charge on any atom is -0.350 e. The maximum absolute atomic E-state index is 10.9. The lowest BCUT2D eigenvalue weighted by Crippen LogP contribution is -2.23. The van der Waals surface area contributed by atoms with E-state index in [9.17, 15) is 4.79 Å². The first kappa shape index (κ1) is 10.1. The van der Waals surface area contributed by atoms with E-state index in [0.29, 0.717) is 18.0 Å². The van der Waals surface area contributed by atoms with Crippen LogP contribution in [-0.2, 0) is 18.4 Å². The molecule has 5 heteroatoms. The summed E-state index contributed by atoms with van der Waals surface area (Å²) in [7, 11) is 1.79. The van der Waals surface area contributed by atoms with Crippen LogP contribution in [0.2, 0.25) is 5.02 Å². The van der Waals surface area contributed by atoms with E-state index in [1.807, 2.05) is 0 Å². The molecular formula is C8H12ClN3O. The molecule has 0 aliphatic carbocycles. The molecule has 0 aliphatic heterocycles. The van der Waals surface area contributed by atoms with Crippen molar-refractivity contribution in [2.45, 2.75) is 19.9 Å². The number of nitrogens with zero attached hydrogens (tertiary/aromatic N) is 2. The van der Waals surface area contributed by atoms with E-state index in [0.717, 1.165) is 5.69 Å². The van der Waals surface area contributed by atoms with Gasteiger partial charge in [-0.15, -0.1) is 0 Å². The second kappa shape index (κ2) is 4.28. The third kappa shape index (κ3) is 2.45. The quantitative estimate of drug-likeness (QED) is 0.796. The lowest BCUT2D eigenvalue weighted by Gasteiger charge is -2.04. The van der Waals surface area contributed by atoms with Crippen molar-refractivity contribution in [3.63, 3.8) is 0 Å². The van der Waals surface area contributed by atoms with Crippen molar-refractivity contribution >= 4 is 17.5 Å². The number of aromatic nitrogens is 2. The molecule has 13 heavy (non-hydrogen) atoms. The van der Waals surface area contributed by atoms with Gasteiger partial charge in [-0.05, 0) is 0 Å². The highest BCUT2D eigenvalue weighted by atomic mass is 35.5. The van der Waals surface area contributed by atoms with E-state index in [2.05, 4.69) is 10.4 Å². The lowest BCUT2D eigenvalue weighted by atomic mass is 10.4. The van der Waals surface area contributed by atoms with E-state index in [-0.39, 0.29) is 5.91 Å². The first-order chi connectivity index (χ1) is 6.15. The van der Waals surface area contributed by atoms with Gasteiger partial charge in [0.15, 0.2) is 0 Å². The van der Waals surface area contributed by atoms with E-state index >= 15 is 0 Å². The smallest absolute Gasteiger partial charge is 0.220 e. The predicted molar refractivity (Wildman–Crippen MR) is 50.4 cm³/mol. The van der Waals surface area contributed by atoms with Crippen molar-refractivity contribution < 1.29 is 4.79 Å². The van der Waals surface area contributed by atoms with E-state index in [4.69, 9.17) is 11.6 Å². The summed E-state index contributed by atoms with van der Waals surface area (Å²) >= 11 is 5.84. The van der Waals surface area contributed by atoms with E-state index in [1.165, 1.54) is 0 Å². The van der Waals surface area contributed by atoms with Crippen LogP contribution in [0.25, 0.3) is 0 Å². The van der Waals surface area contributed by atoms with Gasteiger partial charge >= 0.3 is 0 Å². The molecule has 1 rings (SSSR count). The topological polar surface area (TPSA) is 46.9 Å². The van der Waals surface area contributed by atoms with Crippen molar-refractivity contribution in [1.82, 2.24) is 15.1 Å². The summed E-state index contributed by atoms with van der Waals surface area (Å²) in [6.07, 6.45) is 2.05. The van der Waals surface area contributed by atoms with Crippen molar-refractivity contribution in [3.8, 4) is 0 Å². The second-order valence-corrected chi connectivity index (χ2v) is 3.10. The largest absolute Gasteiger partial charge is 0.350 e. The van der Waals surface area contributed by atoms with Gasteiger partial charge in [0.2, 0.25) is 5.91 Å². The van der Waals surface area contributed by atoms with Gasteiger partial charge in [0.25, 0.3) is 0 Å². The molecule has 0 bridgehead atoms. The Morgan fingerprint density at radius 3 is 2.92 bits per heavy atom. The van der Waals surface area contributed by atoms with Crippen LogP contribution in [0.1, 0.15) is 19.0 Å². The van der Waals surface area contributed by atoms with Gasteiger partial charge in [0.1, 0.15) is 0 Å². The molecule has 0 saturated heterocycles. The Morgan fingerprint density at radius 2 is 2.46 bits per heavy atom. The van der Waals surface area contributed by atoms with Gasteiger partial charge in [-0.2, -0.15) is 5.10 Å². The Kier molecular flexibility index (Phi) is 3.31. The Labute approximate surface area is 81.9 Å². The Balaban J connectivity index is 2.58. The average Bonchev–Trinajstić information content (AvgIpc) is 2.43. The Bertz CT molecular complexity index is 289. The van der Waals surface area contributed by atoms with Gasteiger partial charge in [-0.25, -0.2) is 0 Å². The van der Waals surface area contributed by atoms with Crippen LogP contribution in [0.5, 0.6) is 0 Å². The molecule has 1 N–H and O–H groups in total. The molecule has 4 nitrogen and oxygen atoms in total. The normalized spacial score (nSPS) is 10.1. The van der Waals surface area contributed by atoms with E-state index < -0.39 is 0 Å². The van der Waals surface area contributed by atoms with Crippen molar-refractivity contribution in [2.75, 3.05) is 0 Å². The summed E-state index contributed by atoms with van der Waals surface area (Å²) < 4.78 is 1.65. The maximum Gasteiger partial charge on any atom is 0.220 e. The highest BCUT2D eigenvalue weighted by molar-refractivity contribution is 6.31. The number of halogens is 1. The number of hydrogen-bond acceptors (Lipinski definition) is 2. The SMILES string of the molecule is CCC(=O)NCc1c(Cl)cnn1C. The zero-order chi connectivity index (χ0) is 9.84. The molecule has 0 radical (unpaired) electrons. The fourth-order valence-corrected chi connectivity index (χ4v) is 1.17. The molecule has 1 amide bonds. The number of carbonyl (C=O) groups excluding carboxylic acids is 1. The Hall–Kier alpha value is -1.03. The molecule has 0 spiro atoms. The molecular weight excluding hydrogens is 190 g/mol. The summed E-state index contributed by atoms with van der Waals surface area (Å²) in [6, 6.07) is 0. The highest BCUT2D eigenvalue weighted by Crippen LogP contribution is 2.13. The molecule has 1 heterocycles. The first-order valence-corrected chi connectivity index (χ1v) is 4.46. The second-order valence-electron chi connectivity index (χ2n) is 2.69. The summed E-state index contributed by atoms with van der Waals surface area (Å²) in [4.78, 5) is 10.9. The lowest BCUT2D eigenvalue weighted by molar-refractivity contribution is -0.120. The van der Waals surface area contributed by atoms with Crippen LogP contribution in [0.4, 0.5) is 0 Å². The molecule has 0 unspecified atom stereocenters. The zero-order valence-electron chi connectivity index (χ0n) is 7.67. The molecule has 0 atom stereocenters. The fraction of sp³-hybridized carbons (Fsp3) is 0.500. The van der Waals surface area contributed by atoms with Gasteiger partial charge in [0.05, 0.1) is 23.5 Å². The molecule has 0 fully saturated rings. The first-order valence-electron chi connectivity index (χ1n) is 4.08. The van der Waals surface area contributed by atoms with Crippen LogP contribution in [0, 0.1) is 0 Å². The van der Waals surface area contributed by atoms with Crippen LogP contribution in [0.15, 0.2) is 6.20 Å². The standard InChI is InChI=1S/C8H12ClN3O/c1-3-8(13)10-5-7-6(9)4-11-12(7)2/h4H,3,5H2,1-2H3,(H,10,13). The van der Waals surface area contributed by atoms with Gasteiger partial charge in [-0.3, -0.25) is 9.48 Å². The monoisotopic (exact) mass is 201 g/mol. The summed E-state index contributed by atoms with van der Waals surface area (Å²) in [5.74, 6) is 0.0114. The highest BCUT2D eigenvalue weighted by Gasteiger charge is 2.06. The number of amides is 1. The average molecular weight is 202 g/mol. The fourth-order valence-electron chi connectivity index (χ4n) is 0.942. The van der Waals surface area contributed by atoms with Crippen molar-refractivity contribution in [2.24, 2.45) is 7.05 Å². The molecule has 1 aromatic heterocycles. The maximum atomic E-state index is 10.9. The number of nitrogens with one attached hydrogen (secondary N) is 1. The molecule has 1 aromatic rings. The van der Waals surface area contributed by atoms with Gasteiger partial charge in [0, 0.05) is 13.5 Å². The van der Waals surface area contributed by atoms with Gasteiger partial charge in [-0.1, -0.05) is 18.5 Å². The third-order valence-electron chi connectivity index (χ3n) is 1.78. The summed E-state index contributed by atoms with van der Waals surface area (Å²) in [6.45, 7) is 2.24. The molecule has 72 valence electrons. The minimum absolute atomic E-state index is 0.0114. The number of carbonyl (C=O) groups is 1. The molecule has 0 saturated carbocycles. The summed E-state index contributed by atoms with van der Waals surface area (Å²) in [5, 5.41) is 7.27. The predicted octanol–water partition coefficient (Wildman–Crippen LogP) is 1.10. The Morgan fingerprint density at radius 1 is 1.77 bits per heavy atom. The zero-order valence-corrected chi connectivity index (χ0v) is 8.43. The molecule has 0 aromatic carbocycles. The third-order valence-corrected chi connectivity index (χ3v) is 2.10. The minimum atomic E-state index is 0.0114. The van der Waals surface area contributed by atoms with Crippen molar-refractivity contribution in [3.05, 3.63) is 16.9 Å². The number of aryl methyl sites for hydroxylation is 1. The van der Waals surface area contributed by atoms with Crippen molar-refractivity contribution in [1.29, 1.82) is 0 Å². The van der Waals surface area contributed by atoms with Crippen LogP contribution in [0.3, 0.4) is 0 Å². The van der Waals surface area contributed by atoms with Crippen LogP contribution in [-0.4, -0.2) is 15.7 Å². The molecule has 0 aliphatic rings. The number of hydrogen-bond donors (Lipinski definition) is 1. The van der Waals surface area contributed by atoms with Crippen LogP contribution >= 0.6 is 11.6 Å². The van der Waals surface area contributed by atoms with Crippen LogP contribution < -0.4 is 5.32 Å². The summed E-state index contributed by atoms with van der Waals surface area (Å²) in [5.41, 5.74) is 0.823. The van der Waals surface area contributed by atoms with Gasteiger partial charge < -0.3 is 5.32 Å². The number of rotatable bonds is 3. The van der Waals surface area contributed by atoms with E-state index in [1.54, 1.807) is 24.9 Å².